The van der Waals surface area contributed by atoms with E-state index in [1.165, 1.54) is 0 Å². The molecule has 2 aromatic rings. The number of fused-ring (bicyclic) bond motifs is 1. The van der Waals surface area contributed by atoms with Gasteiger partial charge in [0.15, 0.2) is 0 Å². The Bertz CT molecular complexity index is 655. The maximum absolute atomic E-state index is 12.7. The second-order valence-electron chi connectivity index (χ2n) is 5.58. The number of alkyl halides is 1. The van der Waals surface area contributed by atoms with E-state index in [1.54, 1.807) is 6.92 Å². The van der Waals surface area contributed by atoms with Gasteiger partial charge in [0.05, 0.1) is 11.6 Å². The van der Waals surface area contributed by atoms with Crippen LogP contribution in [0.25, 0.3) is 10.8 Å². The van der Waals surface area contributed by atoms with E-state index in [-0.39, 0.29) is 6.67 Å². The summed E-state index contributed by atoms with van der Waals surface area (Å²) < 4.78 is 25.4. The van der Waals surface area contributed by atoms with E-state index in [1.807, 2.05) is 50.4 Å². The van der Waals surface area contributed by atoms with Crippen molar-refractivity contribution in [2.75, 3.05) is 38.8 Å². The average molecular weight is 353 g/mol. The normalized spacial score (nSPS) is 12.0. The SMILES string of the molecule is CCCF.CCN(CC)S(=O)c1cccc2c(N(C)C)cccc12. The van der Waals surface area contributed by atoms with Crippen LogP contribution in [0.5, 0.6) is 0 Å². The zero-order valence-electron chi connectivity index (χ0n) is 15.4. The van der Waals surface area contributed by atoms with Crippen molar-refractivity contribution >= 4 is 27.4 Å². The molecule has 0 N–H and O–H groups in total. The van der Waals surface area contributed by atoms with Gasteiger partial charge in [0, 0.05) is 43.6 Å². The van der Waals surface area contributed by atoms with Crippen molar-refractivity contribution < 1.29 is 8.60 Å². The van der Waals surface area contributed by atoms with Crippen molar-refractivity contribution in [2.24, 2.45) is 0 Å². The number of rotatable bonds is 6. The van der Waals surface area contributed by atoms with Gasteiger partial charge in [0.2, 0.25) is 0 Å². The molecule has 0 heterocycles. The minimum Gasteiger partial charge on any atom is -0.377 e. The standard InChI is InChI=1S/C16H22N2OS.C3H7F/c1-5-18(6-2)20(19)16-12-8-9-13-14(16)10-7-11-15(13)17(3)4;1-2-3-4/h7-12H,5-6H2,1-4H3;2-3H2,1H3. The van der Waals surface area contributed by atoms with Gasteiger partial charge in [0.25, 0.3) is 0 Å². The number of hydrogen-bond donors (Lipinski definition) is 0. The van der Waals surface area contributed by atoms with Gasteiger partial charge in [-0.2, -0.15) is 0 Å². The summed E-state index contributed by atoms with van der Waals surface area (Å²) in [7, 11) is 2.96. The number of halogens is 1. The van der Waals surface area contributed by atoms with Crippen LogP contribution in [-0.2, 0) is 11.0 Å². The first-order valence-electron chi connectivity index (χ1n) is 8.43. The topological polar surface area (TPSA) is 23.6 Å². The molecule has 0 aliphatic rings. The molecule has 0 aromatic heterocycles. The molecule has 0 aliphatic carbocycles. The molecular formula is C19H29FN2OS. The molecule has 5 heteroatoms. The summed E-state index contributed by atoms with van der Waals surface area (Å²) in [5.74, 6) is 0. The third-order valence-corrected chi connectivity index (χ3v) is 5.38. The molecule has 0 amide bonds. The molecule has 1 atom stereocenters. The largest absolute Gasteiger partial charge is 0.377 e. The number of benzene rings is 2. The Hall–Kier alpha value is -1.46. The van der Waals surface area contributed by atoms with Gasteiger partial charge in [-0.25, -0.2) is 8.51 Å². The zero-order chi connectivity index (χ0) is 18.1. The van der Waals surface area contributed by atoms with Gasteiger partial charge < -0.3 is 4.90 Å². The highest BCUT2D eigenvalue weighted by atomic mass is 32.2. The Morgan fingerprint density at radius 2 is 1.50 bits per heavy atom. The fourth-order valence-corrected chi connectivity index (χ4v) is 3.71. The van der Waals surface area contributed by atoms with Gasteiger partial charge in [-0.1, -0.05) is 45.0 Å². The van der Waals surface area contributed by atoms with Crippen LogP contribution in [0.1, 0.15) is 27.2 Å². The molecule has 0 saturated carbocycles. The van der Waals surface area contributed by atoms with E-state index in [4.69, 9.17) is 0 Å². The molecule has 2 aromatic carbocycles. The van der Waals surface area contributed by atoms with E-state index in [0.29, 0.717) is 6.42 Å². The Labute approximate surface area is 148 Å². The molecular weight excluding hydrogens is 323 g/mol. The third-order valence-electron chi connectivity index (χ3n) is 3.66. The predicted octanol–water partition coefficient (Wildman–Crippen LogP) is 4.64. The zero-order valence-corrected chi connectivity index (χ0v) is 16.2. The second-order valence-corrected chi connectivity index (χ2v) is 7.03. The lowest BCUT2D eigenvalue weighted by Crippen LogP contribution is -2.25. The van der Waals surface area contributed by atoms with Gasteiger partial charge in [-0.05, 0) is 18.6 Å². The molecule has 134 valence electrons. The monoisotopic (exact) mass is 352 g/mol. The smallest absolute Gasteiger partial charge is 0.128 e. The minimum absolute atomic E-state index is 0.181. The lowest BCUT2D eigenvalue weighted by atomic mass is 10.1. The minimum atomic E-state index is -1.10. The molecule has 0 bridgehead atoms. The van der Waals surface area contributed by atoms with Crippen LogP contribution in [-0.4, -0.2) is 42.4 Å². The van der Waals surface area contributed by atoms with Crippen LogP contribution in [0.4, 0.5) is 10.1 Å². The fraction of sp³-hybridized carbons (Fsp3) is 0.474. The molecule has 1 unspecified atom stereocenters. The summed E-state index contributed by atoms with van der Waals surface area (Å²) in [5, 5.41) is 2.22. The van der Waals surface area contributed by atoms with Gasteiger partial charge in [0.1, 0.15) is 11.0 Å². The Kier molecular flexibility index (Phi) is 8.93. The molecule has 0 saturated heterocycles. The summed E-state index contributed by atoms with van der Waals surface area (Å²) in [6.07, 6.45) is 0.653. The van der Waals surface area contributed by atoms with Crippen molar-refractivity contribution in [3.63, 3.8) is 0 Å². The maximum Gasteiger partial charge on any atom is 0.128 e. The summed E-state index contributed by atoms with van der Waals surface area (Å²) in [6, 6.07) is 12.2. The summed E-state index contributed by atoms with van der Waals surface area (Å²) in [4.78, 5) is 2.99. The van der Waals surface area contributed by atoms with Crippen molar-refractivity contribution in [2.45, 2.75) is 32.1 Å². The second kappa shape index (κ2) is 10.4. The highest BCUT2D eigenvalue weighted by Crippen LogP contribution is 2.30. The third kappa shape index (κ3) is 5.02. The first-order chi connectivity index (χ1) is 11.5. The highest BCUT2D eigenvalue weighted by Gasteiger charge is 2.15. The Morgan fingerprint density at radius 1 is 0.958 bits per heavy atom. The number of hydrogen-bond acceptors (Lipinski definition) is 2. The Morgan fingerprint density at radius 3 is 2.00 bits per heavy atom. The van der Waals surface area contributed by atoms with Gasteiger partial charge in [-0.15, -0.1) is 0 Å². The lowest BCUT2D eigenvalue weighted by Gasteiger charge is -2.20. The number of nitrogens with zero attached hydrogens (tertiary/aromatic N) is 2. The van der Waals surface area contributed by atoms with Crippen LogP contribution in [0.2, 0.25) is 0 Å². The van der Waals surface area contributed by atoms with E-state index in [9.17, 15) is 8.60 Å². The summed E-state index contributed by atoms with van der Waals surface area (Å²) in [5.41, 5.74) is 1.15. The van der Waals surface area contributed by atoms with Crippen molar-refractivity contribution in [1.29, 1.82) is 0 Å². The van der Waals surface area contributed by atoms with Crippen molar-refractivity contribution in [3.8, 4) is 0 Å². The quantitative estimate of drug-likeness (QED) is 0.756. The molecule has 0 aliphatic heterocycles. The van der Waals surface area contributed by atoms with E-state index >= 15 is 0 Å². The predicted molar refractivity (Wildman–Crippen MR) is 104 cm³/mol. The van der Waals surface area contributed by atoms with E-state index < -0.39 is 11.0 Å². The van der Waals surface area contributed by atoms with Crippen LogP contribution in [0.3, 0.4) is 0 Å². The van der Waals surface area contributed by atoms with E-state index in [0.717, 1.165) is 34.4 Å². The summed E-state index contributed by atoms with van der Waals surface area (Å²) >= 11 is 0. The summed E-state index contributed by atoms with van der Waals surface area (Å²) in [6.45, 7) is 7.27. The highest BCUT2D eigenvalue weighted by molar-refractivity contribution is 7.83. The molecule has 2 rings (SSSR count). The average Bonchev–Trinajstić information content (AvgIpc) is 2.61. The lowest BCUT2D eigenvalue weighted by molar-refractivity contribution is 0.487. The fourth-order valence-electron chi connectivity index (χ4n) is 2.40. The molecule has 24 heavy (non-hydrogen) atoms. The maximum atomic E-state index is 12.7. The number of anilines is 1. The van der Waals surface area contributed by atoms with Crippen LogP contribution >= 0.6 is 0 Å². The molecule has 3 nitrogen and oxygen atoms in total. The van der Waals surface area contributed by atoms with Crippen molar-refractivity contribution in [1.82, 2.24) is 4.31 Å². The molecule has 0 fully saturated rings. The first kappa shape index (κ1) is 20.6. The first-order valence-corrected chi connectivity index (χ1v) is 9.54. The van der Waals surface area contributed by atoms with Crippen LogP contribution in [0.15, 0.2) is 41.3 Å². The molecule has 0 radical (unpaired) electrons. The van der Waals surface area contributed by atoms with Crippen LogP contribution < -0.4 is 4.90 Å². The Balaban J connectivity index is 0.000000648. The van der Waals surface area contributed by atoms with E-state index in [2.05, 4.69) is 23.1 Å². The van der Waals surface area contributed by atoms with Gasteiger partial charge >= 0.3 is 0 Å². The van der Waals surface area contributed by atoms with Crippen molar-refractivity contribution in [3.05, 3.63) is 36.4 Å². The van der Waals surface area contributed by atoms with Crippen LogP contribution in [0, 0.1) is 0 Å². The van der Waals surface area contributed by atoms with Gasteiger partial charge in [-0.3, -0.25) is 4.39 Å². The molecule has 0 spiro atoms.